The fraction of sp³-hybridized carbons (Fsp3) is 0.474. The number of anilines is 1. The Hall–Kier alpha value is -2.34. The van der Waals surface area contributed by atoms with Crippen LogP contribution in [0.1, 0.15) is 17.8 Å². The van der Waals surface area contributed by atoms with Crippen molar-refractivity contribution in [2.75, 3.05) is 39.3 Å². The lowest BCUT2D eigenvalue weighted by Crippen LogP contribution is -2.34. The molecule has 6 nitrogen and oxygen atoms in total. The zero-order valence-electron chi connectivity index (χ0n) is 15.4. The average Bonchev–Trinajstić information content (AvgIpc) is 3.13. The van der Waals surface area contributed by atoms with Crippen LogP contribution in [0.25, 0.3) is 0 Å². The second-order valence-electron chi connectivity index (χ2n) is 6.52. The van der Waals surface area contributed by atoms with E-state index in [0.717, 1.165) is 54.6 Å². The van der Waals surface area contributed by atoms with Crippen LogP contribution < -0.4 is 14.4 Å². The van der Waals surface area contributed by atoms with Gasteiger partial charge >= 0.3 is 0 Å². The molecule has 0 radical (unpaired) electrons. The Bertz CT molecular complexity index is 683. The van der Waals surface area contributed by atoms with Crippen LogP contribution in [0.2, 0.25) is 0 Å². The van der Waals surface area contributed by atoms with E-state index in [2.05, 4.69) is 38.9 Å². The van der Waals surface area contributed by atoms with Crippen molar-refractivity contribution in [3.8, 4) is 11.5 Å². The molecule has 134 valence electrons. The molecule has 2 heterocycles. The highest BCUT2D eigenvalue weighted by atomic mass is 16.5. The number of hydrogen-bond acceptors (Lipinski definition) is 6. The van der Waals surface area contributed by atoms with Gasteiger partial charge in [-0.2, -0.15) is 0 Å². The smallest absolute Gasteiger partial charge is 0.124 e. The topological polar surface area (TPSA) is 50.7 Å². The van der Waals surface area contributed by atoms with Gasteiger partial charge in [0.15, 0.2) is 0 Å². The molecular weight excluding hydrogens is 316 g/mol. The van der Waals surface area contributed by atoms with Gasteiger partial charge < -0.3 is 14.4 Å². The summed E-state index contributed by atoms with van der Waals surface area (Å²) in [7, 11) is 5.52. The molecule has 0 aliphatic carbocycles. The largest absolute Gasteiger partial charge is 0.497 e. The molecule has 1 aliphatic heterocycles. The van der Waals surface area contributed by atoms with Crippen molar-refractivity contribution in [1.82, 2.24) is 14.9 Å². The van der Waals surface area contributed by atoms with Crippen molar-refractivity contribution < 1.29 is 9.47 Å². The number of benzene rings is 1. The summed E-state index contributed by atoms with van der Waals surface area (Å²) in [6.45, 7) is 4.77. The first-order valence-corrected chi connectivity index (χ1v) is 8.55. The molecule has 0 spiro atoms. The van der Waals surface area contributed by atoms with E-state index in [0.29, 0.717) is 6.04 Å². The minimum atomic E-state index is 0.486. The van der Waals surface area contributed by atoms with Gasteiger partial charge in [0, 0.05) is 62.0 Å². The first kappa shape index (κ1) is 17.5. The number of likely N-dealkylation sites (N-methyl/N-ethyl adjacent to an activating group) is 1. The molecule has 6 heteroatoms. The standard InChI is InChI=1S/C19H26N4O2/c1-14-10-21-15(11-20-14)12-22(2)16-5-6-23(13-16)17-7-18(24-3)9-19(8-17)25-4/h7-11,16H,5-6,12-13H2,1-4H3. The summed E-state index contributed by atoms with van der Waals surface area (Å²) in [5, 5.41) is 0. The average molecular weight is 342 g/mol. The van der Waals surface area contributed by atoms with Crippen LogP contribution in [-0.2, 0) is 6.54 Å². The number of ether oxygens (including phenoxy) is 2. The number of aryl methyl sites for hydroxylation is 1. The van der Waals surface area contributed by atoms with Gasteiger partial charge in [-0.3, -0.25) is 14.9 Å². The van der Waals surface area contributed by atoms with E-state index in [-0.39, 0.29) is 0 Å². The fourth-order valence-electron chi connectivity index (χ4n) is 3.20. The predicted molar refractivity (Wildman–Crippen MR) is 98.4 cm³/mol. The number of methoxy groups -OCH3 is 2. The SMILES string of the molecule is COc1cc(OC)cc(N2CCC(N(C)Cc3cnc(C)cn3)C2)c1. The maximum atomic E-state index is 5.39. The van der Waals surface area contributed by atoms with Crippen LogP contribution in [0.3, 0.4) is 0 Å². The fourth-order valence-corrected chi connectivity index (χ4v) is 3.20. The first-order valence-electron chi connectivity index (χ1n) is 8.55. The van der Waals surface area contributed by atoms with Crippen LogP contribution in [0.5, 0.6) is 11.5 Å². The van der Waals surface area contributed by atoms with Crippen molar-refractivity contribution in [2.45, 2.75) is 25.9 Å². The molecule has 25 heavy (non-hydrogen) atoms. The molecule has 1 aliphatic rings. The third-order valence-electron chi connectivity index (χ3n) is 4.73. The lowest BCUT2D eigenvalue weighted by molar-refractivity contribution is 0.247. The van der Waals surface area contributed by atoms with E-state index in [1.54, 1.807) is 14.2 Å². The maximum absolute atomic E-state index is 5.39. The molecule has 0 bridgehead atoms. The van der Waals surface area contributed by atoms with E-state index in [1.165, 1.54) is 0 Å². The van der Waals surface area contributed by atoms with Crippen molar-refractivity contribution >= 4 is 5.69 Å². The normalized spacial score (nSPS) is 17.2. The van der Waals surface area contributed by atoms with Gasteiger partial charge in [-0.1, -0.05) is 0 Å². The molecule has 1 saturated heterocycles. The number of aromatic nitrogens is 2. The lowest BCUT2D eigenvalue weighted by atomic mass is 10.2. The Morgan fingerprint density at radius 2 is 1.84 bits per heavy atom. The quantitative estimate of drug-likeness (QED) is 0.804. The van der Waals surface area contributed by atoms with Gasteiger partial charge in [-0.25, -0.2) is 0 Å². The minimum Gasteiger partial charge on any atom is -0.497 e. The molecule has 1 aromatic heterocycles. The Kier molecular flexibility index (Phi) is 5.38. The van der Waals surface area contributed by atoms with Crippen molar-refractivity contribution in [3.05, 3.63) is 42.0 Å². The Morgan fingerprint density at radius 3 is 2.44 bits per heavy atom. The predicted octanol–water partition coefficient (Wildman–Crippen LogP) is 2.51. The molecule has 1 atom stereocenters. The van der Waals surface area contributed by atoms with Crippen LogP contribution in [-0.4, -0.2) is 55.3 Å². The minimum absolute atomic E-state index is 0.486. The second kappa shape index (κ2) is 7.70. The zero-order chi connectivity index (χ0) is 17.8. The summed E-state index contributed by atoms with van der Waals surface area (Å²) in [6.07, 6.45) is 4.81. The summed E-state index contributed by atoms with van der Waals surface area (Å²) in [5.41, 5.74) is 3.10. The summed E-state index contributed by atoms with van der Waals surface area (Å²) in [6, 6.07) is 6.52. The lowest BCUT2D eigenvalue weighted by Gasteiger charge is -2.25. The van der Waals surface area contributed by atoms with Crippen LogP contribution in [0.15, 0.2) is 30.6 Å². The van der Waals surface area contributed by atoms with Gasteiger partial charge in [0.2, 0.25) is 0 Å². The molecule has 1 aromatic carbocycles. The van der Waals surface area contributed by atoms with Gasteiger partial charge in [0.05, 0.1) is 25.6 Å². The van der Waals surface area contributed by atoms with Crippen molar-refractivity contribution in [1.29, 1.82) is 0 Å². The molecule has 0 amide bonds. The van der Waals surface area contributed by atoms with E-state index in [9.17, 15) is 0 Å². The highest BCUT2D eigenvalue weighted by Gasteiger charge is 2.26. The highest BCUT2D eigenvalue weighted by Crippen LogP contribution is 2.31. The third-order valence-corrected chi connectivity index (χ3v) is 4.73. The molecular formula is C19H26N4O2. The number of rotatable bonds is 6. The van der Waals surface area contributed by atoms with Gasteiger partial charge in [-0.05, 0) is 20.4 Å². The monoisotopic (exact) mass is 342 g/mol. The molecule has 2 aromatic rings. The Morgan fingerprint density at radius 1 is 1.12 bits per heavy atom. The van der Waals surface area contributed by atoms with Crippen molar-refractivity contribution in [3.63, 3.8) is 0 Å². The molecule has 0 saturated carbocycles. The summed E-state index contributed by atoms with van der Waals surface area (Å²) in [4.78, 5) is 13.5. The summed E-state index contributed by atoms with van der Waals surface area (Å²) < 4.78 is 10.8. The Labute approximate surface area is 149 Å². The van der Waals surface area contributed by atoms with Gasteiger partial charge in [0.25, 0.3) is 0 Å². The number of nitrogens with zero attached hydrogens (tertiary/aromatic N) is 4. The molecule has 1 unspecified atom stereocenters. The van der Waals surface area contributed by atoms with Crippen LogP contribution in [0, 0.1) is 6.92 Å². The summed E-state index contributed by atoms with van der Waals surface area (Å²) in [5.74, 6) is 1.64. The maximum Gasteiger partial charge on any atom is 0.124 e. The zero-order valence-corrected chi connectivity index (χ0v) is 15.4. The molecule has 1 fully saturated rings. The first-order chi connectivity index (χ1) is 12.1. The van der Waals surface area contributed by atoms with Crippen LogP contribution in [0.4, 0.5) is 5.69 Å². The number of hydrogen-bond donors (Lipinski definition) is 0. The van der Waals surface area contributed by atoms with E-state index >= 15 is 0 Å². The Balaban J connectivity index is 1.65. The van der Waals surface area contributed by atoms with E-state index in [1.807, 2.05) is 25.4 Å². The van der Waals surface area contributed by atoms with Gasteiger partial charge in [-0.15, -0.1) is 0 Å². The summed E-state index contributed by atoms with van der Waals surface area (Å²) >= 11 is 0. The van der Waals surface area contributed by atoms with Crippen molar-refractivity contribution in [2.24, 2.45) is 0 Å². The molecule has 3 rings (SSSR count). The third kappa shape index (κ3) is 4.20. The molecule has 0 N–H and O–H groups in total. The van der Waals surface area contributed by atoms with Crippen LogP contribution >= 0.6 is 0 Å². The highest BCUT2D eigenvalue weighted by molar-refractivity contribution is 5.56. The van der Waals surface area contributed by atoms with E-state index in [4.69, 9.17) is 9.47 Å². The van der Waals surface area contributed by atoms with Gasteiger partial charge in [0.1, 0.15) is 11.5 Å². The second-order valence-corrected chi connectivity index (χ2v) is 6.52. The van der Waals surface area contributed by atoms with E-state index < -0.39 is 0 Å².